The van der Waals surface area contributed by atoms with E-state index in [2.05, 4.69) is 20.6 Å². The van der Waals surface area contributed by atoms with Gasteiger partial charge in [0, 0.05) is 25.2 Å². The van der Waals surface area contributed by atoms with Crippen LogP contribution in [0.1, 0.15) is 73.6 Å². The lowest BCUT2D eigenvalue weighted by atomic mass is 10.0. The molecule has 46 heavy (non-hydrogen) atoms. The van der Waals surface area contributed by atoms with Crippen molar-refractivity contribution in [3.8, 4) is 0 Å². The number of carbonyl (C=O) groups excluding carboxylic acids is 2. The highest BCUT2D eigenvalue weighted by Crippen LogP contribution is 2.18. The van der Waals surface area contributed by atoms with Crippen molar-refractivity contribution in [1.82, 2.24) is 20.6 Å². The molecule has 0 radical (unpaired) electrons. The van der Waals surface area contributed by atoms with Crippen LogP contribution in [0.4, 0.5) is 8.78 Å². The number of nitrogens with two attached hydrogens (primary N) is 1. The van der Waals surface area contributed by atoms with Gasteiger partial charge in [-0.25, -0.2) is 27.0 Å². The zero-order valence-electron chi connectivity index (χ0n) is 26.6. The molecule has 1 aromatic heterocycles. The van der Waals surface area contributed by atoms with Crippen LogP contribution >= 0.6 is 0 Å². The summed E-state index contributed by atoms with van der Waals surface area (Å²) in [4.78, 5) is 33.1. The first-order chi connectivity index (χ1) is 21.9. The molecule has 5 N–H and O–H groups in total. The van der Waals surface area contributed by atoms with Gasteiger partial charge in [0.25, 0.3) is 5.91 Å². The molecule has 10 nitrogen and oxygen atoms in total. The summed E-state index contributed by atoms with van der Waals surface area (Å²) in [7, 11) is -3.85. The predicted molar refractivity (Wildman–Crippen MR) is 173 cm³/mol. The number of hydrogen-bond acceptors (Lipinski definition) is 8. The first kappa shape index (κ1) is 36.8. The van der Waals surface area contributed by atoms with Crippen LogP contribution in [0.3, 0.4) is 0 Å². The number of benzene rings is 2. The number of nitrogens with zero attached hydrogens (tertiary/aromatic N) is 1. The number of aryl methyl sites for hydroxylation is 1. The molecule has 0 aliphatic heterocycles. The highest BCUT2D eigenvalue weighted by atomic mass is 32.2. The Morgan fingerprint density at radius 1 is 1.00 bits per heavy atom. The van der Waals surface area contributed by atoms with Crippen molar-refractivity contribution in [2.24, 2.45) is 5.73 Å². The zero-order chi connectivity index (χ0) is 33.7. The van der Waals surface area contributed by atoms with E-state index in [1.54, 1.807) is 0 Å². The predicted octanol–water partition coefficient (Wildman–Crippen LogP) is 4.00. The fraction of sp³-hybridized carbons (Fsp3) is 0.485. The van der Waals surface area contributed by atoms with Gasteiger partial charge in [-0.1, -0.05) is 57.9 Å². The molecule has 1 amide bonds. The molecule has 3 atom stereocenters. The summed E-state index contributed by atoms with van der Waals surface area (Å²) >= 11 is 0. The number of sulfone groups is 1. The van der Waals surface area contributed by atoms with E-state index < -0.39 is 62.5 Å². The van der Waals surface area contributed by atoms with Crippen molar-refractivity contribution in [2.45, 2.75) is 89.3 Å². The van der Waals surface area contributed by atoms with Gasteiger partial charge in [0.1, 0.15) is 29.5 Å². The van der Waals surface area contributed by atoms with E-state index in [9.17, 15) is 26.8 Å². The van der Waals surface area contributed by atoms with Gasteiger partial charge in [0.05, 0.1) is 23.5 Å². The van der Waals surface area contributed by atoms with E-state index >= 15 is 0 Å². The minimum atomic E-state index is -3.85. The molecule has 0 spiro atoms. The van der Waals surface area contributed by atoms with Crippen molar-refractivity contribution in [1.29, 1.82) is 0 Å². The van der Waals surface area contributed by atoms with Gasteiger partial charge >= 0.3 is 5.97 Å². The first-order valence-corrected chi connectivity index (χ1v) is 17.4. The molecular formula is C33H45F2N5O5S. The van der Waals surface area contributed by atoms with Gasteiger partial charge < -0.3 is 26.1 Å². The highest BCUT2D eigenvalue weighted by Gasteiger charge is 2.35. The summed E-state index contributed by atoms with van der Waals surface area (Å²) in [6.45, 7) is 6.26. The molecule has 0 bridgehead atoms. The average Bonchev–Trinajstić information content (AvgIpc) is 3.55. The van der Waals surface area contributed by atoms with Crippen molar-refractivity contribution >= 4 is 21.7 Å². The maximum Gasteiger partial charge on any atom is 0.330 e. The number of rotatable bonds is 19. The smallest absolute Gasteiger partial charge is 0.330 e. The van der Waals surface area contributed by atoms with E-state index in [0.717, 1.165) is 35.7 Å². The Bertz CT molecular complexity index is 1490. The highest BCUT2D eigenvalue weighted by molar-refractivity contribution is 7.92. The van der Waals surface area contributed by atoms with Gasteiger partial charge in [-0.15, -0.1) is 0 Å². The Morgan fingerprint density at radius 2 is 1.67 bits per heavy atom. The Kier molecular flexibility index (Phi) is 14.3. The number of nitrogens with one attached hydrogen (secondary N) is 3. The van der Waals surface area contributed by atoms with Gasteiger partial charge in [0.2, 0.25) is 0 Å². The normalized spacial score (nSPS) is 13.7. The molecule has 3 aromatic rings. The largest absolute Gasteiger partial charge is 0.458 e. The van der Waals surface area contributed by atoms with Gasteiger partial charge in [-0.3, -0.25) is 4.79 Å². The number of amides is 1. The molecule has 0 saturated carbocycles. The number of esters is 1. The summed E-state index contributed by atoms with van der Waals surface area (Å²) in [6, 6.07) is 8.48. The van der Waals surface area contributed by atoms with Crippen LogP contribution in [0.25, 0.3) is 0 Å². The number of halogens is 2. The number of ether oxygens (including phenoxy) is 1. The van der Waals surface area contributed by atoms with Crippen molar-refractivity contribution in [2.75, 3.05) is 12.3 Å². The maximum atomic E-state index is 13.9. The van der Waals surface area contributed by atoms with Crippen LogP contribution in [0.5, 0.6) is 0 Å². The van der Waals surface area contributed by atoms with Crippen LogP contribution < -0.4 is 16.4 Å². The molecule has 0 unspecified atom stereocenters. The molecule has 2 aromatic carbocycles. The number of aromatic amines is 1. The summed E-state index contributed by atoms with van der Waals surface area (Å²) in [5.41, 5.74) is 8.90. The fourth-order valence-corrected chi connectivity index (χ4v) is 7.41. The van der Waals surface area contributed by atoms with Crippen molar-refractivity contribution < 1.29 is 31.5 Å². The lowest BCUT2D eigenvalue weighted by Gasteiger charge is -2.28. The molecule has 0 aliphatic rings. The van der Waals surface area contributed by atoms with Crippen LogP contribution in [-0.4, -0.2) is 66.0 Å². The number of aromatic nitrogens is 2. The third kappa shape index (κ3) is 11.3. The van der Waals surface area contributed by atoms with E-state index in [0.29, 0.717) is 32.2 Å². The standard InChI is InChI=1S/C33H45F2N5O5S/c1-4-8-27(9-5-2)46(43,44)20-30(40-32(41)29-18-38-21-39-29)33(42)45-31(19-37-17-23-11-7-10-22(6-3)12-23)28(36)15-24-13-25(34)16-26(35)14-24/h7,10-14,16,18,21,27-28,30-31,37H,4-6,8-9,15,17,19-20,36H2,1-3H3,(H,38,39)(H,40,41)/t28-,30-,31+/m0/s1. The lowest BCUT2D eigenvalue weighted by molar-refractivity contribution is -0.151. The third-order valence-electron chi connectivity index (χ3n) is 7.67. The topological polar surface area (TPSA) is 156 Å². The number of hydrogen-bond donors (Lipinski definition) is 4. The van der Waals surface area contributed by atoms with Crippen molar-refractivity contribution in [3.63, 3.8) is 0 Å². The van der Waals surface area contributed by atoms with E-state index in [1.165, 1.54) is 12.5 Å². The minimum Gasteiger partial charge on any atom is -0.458 e. The molecule has 3 rings (SSSR count). The van der Waals surface area contributed by atoms with Crippen LogP contribution in [0.15, 0.2) is 55.0 Å². The summed E-state index contributed by atoms with van der Waals surface area (Å²) < 4.78 is 60.7. The van der Waals surface area contributed by atoms with Crippen LogP contribution in [-0.2, 0) is 38.8 Å². The number of H-pyrrole nitrogens is 1. The Morgan fingerprint density at radius 3 is 2.28 bits per heavy atom. The van der Waals surface area contributed by atoms with Gasteiger partial charge in [0.15, 0.2) is 9.84 Å². The summed E-state index contributed by atoms with van der Waals surface area (Å²) in [5, 5.41) is 5.03. The molecule has 0 saturated heterocycles. The SMILES string of the molecule is CCCC(CCC)S(=O)(=O)C[C@H](NC(=O)c1cnc[nH]1)C(=O)O[C@H](CNCc1cccc(CC)c1)[C@@H](N)Cc1cc(F)cc(F)c1. The van der Waals surface area contributed by atoms with Crippen LogP contribution in [0.2, 0.25) is 0 Å². The van der Waals surface area contributed by atoms with E-state index in [-0.39, 0.29) is 24.2 Å². The second-order valence-electron chi connectivity index (χ2n) is 11.4. The second-order valence-corrected chi connectivity index (χ2v) is 13.8. The Hall–Kier alpha value is -3.68. The number of imidazole rings is 1. The summed E-state index contributed by atoms with van der Waals surface area (Å²) in [5.74, 6) is -3.95. The molecule has 13 heteroatoms. The maximum absolute atomic E-state index is 13.9. The average molecular weight is 662 g/mol. The van der Waals surface area contributed by atoms with Crippen molar-refractivity contribution in [3.05, 3.63) is 89.0 Å². The second kappa shape index (κ2) is 17.9. The number of carbonyl (C=O) groups is 2. The Labute approximate surface area is 269 Å². The molecule has 1 heterocycles. The van der Waals surface area contributed by atoms with Gasteiger partial charge in [-0.05, 0) is 54.5 Å². The monoisotopic (exact) mass is 661 g/mol. The minimum absolute atomic E-state index is 0.0335. The van der Waals surface area contributed by atoms with Gasteiger partial charge in [-0.2, -0.15) is 0 Å². The molecular weight excluding hydrogens is 616 g/mol. The quantitative estimate of drug-likeness (QED) is 0.141. The lowest BCUT2D eigenvalue weighted by Crippen LogP contribution is -2.52. The molecule has 252 valence electrons. The third-order valence-corrected chi connectivity index (χ3v) is 9.96. The molecule has 0 fully saturated rings. The van der Waals surface area contributed by atoms with E-state index in [4.69, 9.17) is 10.5 Å². The molecule has 0 aliphatic carbocycles. The van der Waals surface area contributed by atoms with E-state index in [1.807, 2.05) is 45.0 Å². The first-order valence-electron chi connectivity index (χ1n) is 15.7. The summed E-state index contributed by atoms with van der Waals surface area (Å²) in [6.07, 6.45) is 4.37. The fourth-order valence-electron chi connectivity index (χ4n) is 5.26. The van der Waals surface area contributed by atoms with Crippen LogP contribution in [0, 0.1) is 11.6 Å². The zero-order valence-corrected chi connectivity index (χ0v) is 27.4. The Balaban J connectivity index is 1.86.